The minimum atomic E-state index is -4.33. The van der Waals surface area contributed by atoms with Crippen molar-refractivity contribution in [3.05, 3.63) is 71.3 Å². The van der Waals surface area contributed by atoms with Crippen LogP contribution in [0, 0.1) is 0 Å². The summed E-state index contributed by atoms with van der Waals surface area (Å²) in [6.07, 6.45) is -4.33. The summed E-state index contributed by atoms with van der Waals surface area (Å²) in [4.78, 5) is 8.03. The topological polar surface area (TPSA) is 12.5 Å². The third-order valence-electron chi connectivity index (χ3n) is 4.03. The van der Waals surface area contributed by atoms with Gasteiger partial charge in [0.25, 0.3) is 0 Å². The average Bonchev–Trinajstić information content (AvgIpc) is 2.54. The summed E-state index contributed by atoms with van der Waals surface area (Å²) >= 11 is 0. The van der Waals surface area contributed by atoms with E-state index in [2.05, 4.69) is 17.0 Å². The van der Waals surface area contributed by atoms with Crippen LogP contribution in [0.25, 0.3) is 0 Å². The summed E-state index contributed by atoms with van der Waals surface area (Å²) in [5.74, 6) is 0. The molecule has 0 fully saturated rings. The molecule has 2 rings (SSSR count). The number of hydroxylamine groups is 3. The van der Waals surface area contributed by atoms with E-state index < -0.39 is 11.7 Å². The van der Waals surface area contributed by atoms with Crippen molar-refractivity contribution in [3.8, 4) is 0 Å². The molecule has 0 atom stereocenters. The Kier molecular flexibility index (Phi) is 11.1. The molecule has 8 heteroatoms. The molecule has 0 saturated carbocycles. The molecule has 0 amide bonds. The van der Waals surface area contributed by atoms with Crippen LogP contribution in [0.3, 0.4) is 0 Å². The van der Waals surface area contributed by atoms with Crippen LogP contribution < -0.4 is 0 Å². The van der Waals surface area contributed by atoms with Crippen molar-refractivity contribution in [2.45, 2.75) is 19.3 Å². The number of likely N-dealkylation sites (N-methyl/N-ethyl adjacent to an activating group) is 1. The van der Waals surface area contributed by atoms with Gasteiger partial charge in [0.15, 0.2) is 0 Å². The van der Waals surface area contributed by atoms with E-state index in [4.69, 9.17) is 4.84 Å². The van der Waals surface area contributed by atoms with E-state index in [0.29, 0.717) is 18.7 Å². The average molecular weight is 440 g/mol. The summed E-state index contributed by atoms with van der Waals surface area (Å²) < 4.78 is 38.7. The van der Waals surface area contributed by atoms with Gasteiger partial charge in [-0.3, -0.25) is 4.90 Å². The van der Waals surface area contributed by atoms with Gasteiger partial charge in [-0.25, -0.2) is 4.84 Å². The predicted octanol–water partition coefficient (Wildman–Crippen LogP) is 5.19. The Labute approximate surface area is 177 Å². The lowest BCUT2D eigenvalue weighted by atomic mass is 10.1. The lowest BCUT2D eigenvalue weighted by Gasteiger charge is -2.28. The van der Waals surface area contributed by atoms with Crippen LogP contribution in [0.1, 0.15) is 16.7 Å². The van der Waals surface area contributed by atoms with Crippen molar-refractivity contribution >= 4 is 24.8 Å². The second-order valence-electron chi connectivity index (χ2n) is 6.99. The lowest BCUT2D eigenvalue weighted by molar-refractivity contribution is -1.09. The molecule has 0 aliphatic heterocycles. The molecule has 3 nitrogen and oxygen atoms in total. The molecule has 0 radical (unpaired) electrons. The monoisotopic (exact) mass is 439 g/mol. The zero-order chi connectivity index (χ0) is 19.2. The Bertz CT molecular complexity index is 697. The SMILES string of the molecule is CN(CCO[N+](C)(C)Cc1cccc(C(F)(F)F)c1)Cc1ccccc1.Cl.Cl. The quantitative estimate of drug-likeness (QED) is 0.414. The van der Waals surface area contributed by atoms with Gasteiger partial charge in [0.1, 0.15) is 13.2 Å². The van der Waals surface area contributed by atoms with Gasteiger partial charge >= 0.3 is 6.18 Å². The number of hydrogen-bond acceptors (Lipinski definition) is 2. The van der Waals surface area contributed by atoms with E-state index >= 15 is 0 Å². The van der Waals surface area contributed by atoms with E-state index in [1.54, 1.807) is 6.07 Å². The van der Waals surface area contributed by atoms with Crippen molar-refractivity contribution in [2.24, 2.45) is 0 Å². The molecular weight excluding hydrogens is 412 g/mol. The summed E-state index contributed by atoms with van der Waals surface area (Å²) in [6, 6.07) is 15.6. The lowest BCUT2D eigenvalue weighted by Crippen LogP contribution is -2.40. The van der Waals surface area contributed by atoms with Gasteiger partial charge in [-0.15, -0.1) is 24.8 Å². The van der Waals surface area contributed by atoms with Gasteiger partial charge in [-0.2, -0.15) is 17.8 Å². The first-order valence-corrected chi connectivity index (χ1v) is 8.52. The van der Waals surface area contributed by atoms with Crippen LogP contribution in [0.4, 0.5) is 13.2 Å². The first-order valence-electron chi connectivity index (χ1n) is 8.52. The van der Waals surface area contributed by atoms with Gasteiger partial charge < -0.3 is 0 Å². The largest absolute Gasteiger partial charge is 0.416 e. The van der Waals surface area contributed by atoms with Crippen LogP contribution in [0.5, 0.6) is 0 Å². The van der Waals surface area contributed by atoms with E-state index in [1.165, 1.54) is 17.7 Å². The van der Waals surface area contributed by atoms with E-state index in [0.717, 1.165) is 19.2 Å². The molecule has 0 aliphatic rings. The van der Waals surface area contributed by atoms with Gasteiger partial charge in [0.2, 0.25) is 0 Å². The van der Waals surface area contributed by atoms with Crippen LogP contribution in [-0.2, 0) is 24.1 Å². The molecule has 2 aromatic carbocycles. The Hall–Kier alpha value is -1.31. The standard InChI is InChI=1S/C20H26F3N2O.2ClH/c1-24(15-17-8-5-4-6-9-17)12-13-26-25(2,3)16-18-10-7-11-19(14-18)20(21,22)23;;/h4-11,14H,12-13,15-16H2,1-3H3;2*1H/q+1;;. The van der Waals surface area contributed by atoms with Gasteiger partial charge in [0, 0.05) is 18.7 Å². The Morgan fingerprint density at radius 3 is 2.14 bits per heavy atom. The minimum absolute atomic E-state index is 0. The van der Waals surface area contributed by atoms with Gasteiger partial charge in [-0.05, 0) is 24.7 Å². The summed E-state index contributed by atoms with van der Waals surface area (Å²) in [6.45, 7) is 2.42. The maximum atomic E-state index is 12.8. The molecule has 28 heavy (non-hydrogen) atoms. The molecule has 0 spiro atoms. The third kappa shape index (κ3) is 9.26. The molecular formula is C20H28Cl2F3N2O+. The zero-order valence-corrected chi connectivity index (χ0v) is 17.9. The molecule has 158 valence electrons. The Morgan fingerprint density at radius 1 is 0.929 bits per heavy atom. The molecule has 2 aromatic rings. The van der Waals surface area contributed by atoms with E-state index in [1.807, 2.05) is 39.3 Å². The molecule has 0 bridgehead atoms. The highest BCUT2D eigenvalue weighted by molar-refractivity contribution is 5.85. The van der Waals surface area contributed by atoms with Crippen molar-refractivity contribution in [1.29, 1.82) is 0 Å². The summed E-state index contributed by atoms with van der Waals surface area (Å²) in [5, 5.41) is 0. The van der Waals surface area contributed by atoms with Gasteiger partial charge in [0.05, 0.1) is 19.7 Å². The highest BCUT2D eigenvalue weighted by Gasteiger charge is 2.31. The van der Waals surface area contributed by atoms with Crippen molar-refractivity contribution in [3.63, 3.8) is 0 Å². The maximum absolute atomic E-state index is 12.8. The number of benzene rings is 2. The molecule has 0 unspecified atom stereocenters. The first kappa shape index (κ1) is 26.7. The Balaban J connectivity index is 0.00000364. The smallest absolute Gasteiger partial charge is 0.300 e. The van der Waals surface area contributed by atoms with Crippen LogP contribution >= 0.6 is 24.8 Å². The molecule has 0 N–H and O–H groups in total. The first-order chi connectivity index (χ1) is 12.2. The third-order valence-corrected chi connectivity index (χ3v) is 4.03. The van der Waals surface area contributed by atoms with Crippen LogP contribution in [0.15, 0.2) is 54.6 Å². The summed E-state index contributed by atoms with van der Waals surface area (Å²) in [7, 11) is 5.71. The molecule has 0 aromatic heterocycles. The second kappa shape index (κ2) is 11.6. The van der Waals surface area contributed by atoms with Crippen molar-refractivity contribution < 1.29 is 22.7 Å². The van der Waals surface area contributed by atoms with Gasteiger partial charge in [-0.1, -0.05) is 42.5 Å². The fraction of sp³-hybridized carbons (Fsp3) is 0.400. The number of quaternary nitrogens is 1. The van der Waals surface area contributed by atoms with Crippen LogP contribution in [-0.4, -0.2) is 43.8 Å². The molecule has 0 saturated heterocycles. The fourth-order valence-electron chi connectivity index (χ4n) is 2.75. The van der Waals surface area contributed by atoms with Crippen molar-refractivity contribution in [1.82, 2.24) is 4.90 Å². The van der Waals surface area contributed by atoms with Crippen molar-refractivity contribution in [2.75, 3.05) is 34.3 Å². The zero-order valence-electron chi connectivity index (χ0n) is 16.3. The Morgan fingerprint density at radius 2 is 1.54 bits per heavy atom. The highest BCUT2D eigenvalue weighted by atomic mass is 35.5. The summed E-state index contributed by atoms with van der Waals surface area (Å²) in [5.41, 5.74) is 1.20. The second-order valence-corrected chi connectivity index (χ2v) is 6.99. The predicted molar refractivity (Wildman–Crippen MR) is 110 cm³/mol. The van der Waals surface area contributed by atoms with E-state index in [-0.39, 0.29) is 29.5 Å². The number of alkyl halides is 3. The minimum Gasteiger partial charge on any atom is -0.300 e. The van der Waals surface area contributed by atoms with Crippen LogP contribution in [0.2, 0.25) is 0 Å². The molecule has 0 aliphatic carbocycles. The molecule has 0 heterocycles. The van der Waals surface area contributed by atoms with E-state index in [9.17, 15) is 13.2 Å². The number of nitrogens with zero attached hydrogens (tertiary/aromatic N) is 2. The number of rotatable bonds is 8. The number of halogens is 5. The normalized spacial score (nSPS) is 11.7. The highest BCUT2D eigenvalue weighted by Crippen LogP contribution is 2.30. The fourth-order valence-corrected chi connectivity index (χ4v) is 2.75. The maximum Gasteiger partial charge on any atom is 0.416 e. The number of hydrogen-bond donors (Lipinski definition) is 0.